The number of hydrogen-bond acceptors (Lipinski definition) is 3. The summed E-state index contributed by atoms with van der Waals surface area (Å²) < 4.78 is 5.12. The molecule has 0 aromatic heterocycles. The van der Waals surface area contributed by atoms with Crippen LogP contribution >= 0.6 is 0 Å². The number of carbonyl (C=O) groups is 2. The molecule has 138 valence electrons. The molecule has 5 nitrogen and oxygen atoms in total. The van der Waals surface area contributed by atoms with Gasteiger partial charge in [0.2, 0.25) is 5.91 Å². The third-order valence-electron chi connectivity index (χ3n) is 4.25. The molecule has 1 amide bonds. The van der Waals surface area contributed by atoms with Crippen molar-refractivity contribution in [3.8, 4) is 5.75 Å². The molecule has 2 aromatic rings. The summed E-state index contributed by atoms with van der Waals surface area (Å²) in [5.74, 6) is -0.822. The van der Waals surface area contributed by atoms with E-state index < -0.39 is 11.9 Å². The zero-order chi connectivity index (χ0) is 18.8. The Bertz CT molecular complexity index is 698. The second kappa shape index (κ2) is 10.2. The van der Waals surface area contributed by atoms with E-state index in [9.17, 15) is 14.7 Å². The van der Waals surface area contributed by atoms with Gasteiger partial charge in [-0.3, -0.25) is 9.59 Å². The molecule has 0 heterocycles. The van der Waals surface area contributed by atoms with Crippen LogP contribution in [-0.4, -0.2) is 30.6 Å². The van der Waals surface area contributed by atoms with E-state index in [1.807, 2.05) is 54.6 Å². The Balaban J connectivity index is 1.72. The first-order valence-corrected chi connectivity index (χ1v) is 8.75. The van der Waals surface area contributed by atoms with Crippen LogP contribution in [0.2, 0.25) is 0 Å². The summed E-state index contributed by atoms with van der Waals surface area (Å²) in [7, 11) is 1.63. The molecule has 1 atom stereocenters. The number of ether oxygens (including phenoxy) is 1. The fourth-order valence-corrected chi connectivity index (χ4v) is 2.72. The summed E-state index contributed by atoms with van der Waals surface area (Å²) in [5.41, 5.74) is 2.10. The Morgan fingerprint density at radius 3 is 2.35 bits per heavy atom. The van der Waals surface area contributed by atoms with Crippen molar-refractivity contribution in [3.63, 3.8) is 0 Å². The molecule has 0 aliphatic carbocycles. The first-order chi connectivity index (χ1) is 12.6. The summed E-state index contributed by atoms with van der Waals surface area (Å²) in [6, 6.07) is 17.2. The zero-order valence-corrected chi connectivity index (χ0v) is 15.0. The Morgan fingerprint density at radius 2 is 1.73 bits per heavy atom. The molecule has 0 radical (unpaired) electrons. The Kier molecular flexibility index (Phi) is 7.68. The van der Waals surface area contributed by atoms with Gasteiger partial charge in [0.15, 0.2) is 0 Å². The molecule has 5 heteroatoms. The largest absolute Gasteiger partial charge is 0.497 e. The zero-order valence-electron chi connectivity index (χ0n) is 15.0. The number of rotatable bonds is 10. The Labute approximate surface area is 154 Å². The van der Waals surface area contributed by atoms with Gasteiger partial charge in [0.25, 0.3) is 0 Å². The van der Waals surface area contributed by atoms with Crippen molar-refractivity contribution in [2.24, 2.45) is 5.92 Å². The molecule has 0 saturated carbocycles. The highest BCUT2D eigenvalue weighted by Gasteiger charge is 2.18. The normalized spacial score (nSPS) is 11.6. The van der Waals surface area contributed by atoms with Gasteiger partial charge in [0.05, 0.1) is 13.0 Å². The maximum absolute atomic E-state index is 12.0. The number of carboxylic acid groups (broad SMARTS) is 1. The molecule has 2 N–H and O–H groups in total. The lowest BCUT2D eigenvalue weighted by molar-refractivity contribution is -0.141. The molecule has 0 spiro atoms. The van der Waals surface area contributed by atoms with Crippen molar-refractivity contribution in [3.05, 3.63) is 65.7 Å². The number of hydrogen-bond donors (Lipinski definition) is 2. The standard InChI is InChI=1S/C21H25NO4/c1-26-19-12-10-16(11-13-19)8-5-9-20(23)22-15-18(21(24)25)14-17-6-3-2-4-7-17/h2-4,6-7,10-13,18H,5,8-9,14-15H2,1H3,(H,22,23)(H,24,25). The summed E-state index contributed by atoms with van der Waals surface area (Å²) in [6.07, 6.45) is 2.30. The molecule has 0 aliphatic heterocycles. The van der Waals surface area contributed by atoms with E-state index in [2.05, 4.69) is 5.32 Å². The van der Waals surface area contributed by atoms with Crippen LogP contribution in [-0.2, 0) is 22.4 Å². The average molecular weight is 355 g/mol. The summed E-state index contributed by atoms with van der Waals surface area (Å²) in [6.45, 7) is 0.144. The van der Waals surface area contributed by atoms with Crippen molar-refractivity contribution >= 4 is 11.9 Å². The molecule has 26 heavy (non-hydrogen) atoms. The van der Waals surface area contributed by atoms with Gasteiger partial charge in [-0.15, -0.1) is 0 Å². The molecule has 0 saturated heterocycles. The third-order valence-corrected chi connectivity index (χ3v) is 4.25. The maximum Gasteiger partial charge on any atom is 0.308 e. The number of carbonyl (C=O) groups excluding carboxylic acids is 1. The maximum atomic E-state index is 12.0. The van der Waals surface area contributed by atoms with E-state index in [0.29, 0.717) is 19.3 Å². The molecular formula is C21H25NO4. The predicted molar refractivity (Wildman–Crippen MR) is 100 cm³/mol. The van der Waals surface area contributed by atoms with Crippen molar-refractivity contribution in [2.45, 2.75) is 25.7 Å². The Morgan fingerprint density at radius 1 is 1.04 bits per heavy atom. The van der Waals surface area contributed by atoms with E-state index in [1.165, 1.54) is 0 Å². The number of aliphatic carboxylic acids is 1. The monoisotopic (exact) mass is 355 g/mol. The number of amides is 1. The molecular weight excluding hydrogens is 330 g/mol. The van der Waals surface area contributed by atoms with Crippen molar-refractivity contribution in [2.75, 3.05) is 13.7 Å². The molecule has 1 unspecified atom stereocenters. The van der Waals surface area contributed by atoms with Crippen LogP contribution < -0.4 is 10.1 Å². The minimum absolute atomic E-state index is 0.113. The lowest BCUT2D eigenvalue weighted by Crippen LogP contribution is -2.34. The smallest absolute Gasteiger partial charge is 0.308 e. The van der Waals surface area contributed by atoms with E-state index in [0.717, 1.165) is 23.3 Å². The topological polar surface area (TPSA) is 75.6 Å². The van der Waals surface area contributed by atoms with Crippen LogP contribution in [0.15, 0.2) is 54.6 Å². The third kappa shape index (κ3) is 6.59. The number of benzene rings is 2. The van der Waals surface area contributed by atoms with Crippen molar-refractivity contribution < 1.29 is 19.4 Å². The fraction of sp³-hybridized carbons (Fsp3) is 0.333. The van der Waals surface area contributed by atoms with Crippen LogP contribution in [0.3, 0.4) is 0 Å². The number of methoxy groups -OCH3 is 1. The first kappa shape index (κ1) is 19.5. The van der Waals surface area contributed by atoms with E-state index >= 15 is 0 Å². The fourth-order valence-electron chi connectivity index (χ4n) is 2.72. The van der Waals surface area contributed by atoms with Gasteiger partial charge in [-0.1, -0.05) is 42.5 Å². The van der Waals surface area contributed by atoms with Crippen LogP contribution in [0.4, 0.5) is 0 Å². The van der Waals surface area contributed by atoms with Crippen molar-refractivity contribution in [1.29, 1.82) is 0 Å². The predicted octanol–water partition coefficient (Wildman–Crippen LogP) is 3.08. The summed E-state index contributed by atoms with van der Waals surface area (Å²) >= 11 is 0. The molecule has 2 rings (SSSR count). The molecule has 0 fully saturated rings. The number of carboxylic acids is 1. The van der Waals surface area contributed by atoms with Gasteiger partial charge in [-0.05, 0) is 42.5 Å². The highest BCUT2D eigenvalue weighted by atomic mass is 16.5. The lowest BCUT2D eigenvalue weighted by atomic mass is 9.99. The van der Waals surface area contributed by atoms with Gasteiger partial charge in [0, 0.05) is 13.0 Å². The minimum atomic E-state index is -0.896. The van der Waals surface area contributed by atoms with Gasteiger partial charge < -0.3 is 15.2 Å². The lowest BCUT2D eigenvalue weighted by Gasteiger charge is -2.13. The quantitative estimate of drug-likeness (QED) is 0.687. The van der Waals surface area contributed by atoms with Crippen LogP contribution in [0.25, 0.3) is 0 Å². The van der Waals surface area contributed by atoms with Gasteiger partial charge in [-0.2, -0.15) is 0 Å². The second-order valence-corrected chi connectivity index (χ2v) is 6.23. The van der Waals surface area contributed by atoms with Gasteiger partial charge in [0.1, 0.15) is 5.75 Å². The van der Waals surface area contributed by atoms with E-state index in [-0.39, 0.29) is 12.5 Å². The van der Waals surface area contributed by atoms with Crippen LogP contribution in [0.1, 0.15) is 24.0 Å². The SMILES string of the molecule is COc1ccc(CCCC(=O)NCC(Cc2ccccc2)C(=O)O)cc1. The van der Waals surface area contributed by atoms with E-state index in [1.54, 1.807) is 7.11 Å². The molecule has 2 aromatic carbocycles. The van der Waals surface area contributed by atoms with Gasteiger partial charge >= 0.3 is 5.97 Å². The number of nitrogens with one attached hydrogen (secondary N) is 1. The Hall–Kier alpha value is -2.82. The minimum Gasteiger partial charge on any atom is -0.497 e. The second-order valence-electron chi connectivity index (χ2n) is 6.23. The van der Waals surface area contributed by atoms with E-state index in [4.69, 9.17) is 4.74 Å². The summed E-state index contributed by atoms with van der Waals surface area (Å²) in [4.78, 5) is 23.4. The molecule has 0 bridgehead atoms. The van der Waals surface area contributed by atoms with Crippen molar-refractivity contribution in [1.82, 2.24) is 5.32 Å². The number of aryl methyl sites for hydroxylation is 1. The van der Waals surface area contributed by atoms with Gasteiger partial charge in [-0.25, -0.2) is 0 Å². The van der Waals surface area contributed by atoms with Crippen LogP contribution in [0.5, 0.6) is 5.75 Å². The molecule has 0 aliphatic rings. The average Bonchev–Trinajstić information content (AvgIpc) is 2.66. The summed E-state index contributed by atoms with van der Waals surface area (Å²) in [5, 5.41) is 12.1. The first-order valence-electron chi connectivity index (χ1n) is 8.75. The highest BCUT2D eigenvalue weighted by molar-refractivity contribution is 5.77. The highest BCUT2D eigenvalue weighted by Crippen LogP contribution is 2.13. The van der Waals surface area contributed by atoms with Crippen LogP contribution in [0, 0.1) is 5.92 Å².